The van der Waals surface area contributed by atoms with Crippen LogP contribution in [-0.4, -0.2) is 49.7 Å². The Morgan fingerprint density at radius 2 is 1.81 bits per heavy atom. The first-order chi connectivity index (χ1) is 17.7. The number of halogens is 3. The van der Waals surface area contributed by atoms with Gasteiger partial charge in [0.25, 0.3) is 0 Å². The van der Waals surface area contributed by atoms with Gasteiger partial charge in [0.15, 0.2) is 5.65 Å². The van der Waals surface area contributed by atoms with E-state index in [0.29, 0.717) is 54.4 Å². The number of nitrogens with two attached hydrogens (primary N) is 1. The number of amides is 1. The molecular formula is C25H30Cl2FN7O2. The van der Waals surface area contributed by atoms with Gasteiger partial charge in [0.05, 0.1) is 34.1 Å². The molecule has 2 fully saturated rings. The molecule has 0 radical (unpaired) electrons. The Kier molecular flexibility index (Phi) is 7.42. The minimum absolute atomic E-state index is 0.0190. The third-order valence-electron chi connectivity index (χ3n) is 7.63. The van der Waals surface area contributed by atoms with Gasteiger partial charge in [-0.3, -0.25) is 9.36 Å². The number of likely N-dealkylation sites (N-methyl/N-ethyl adjacent to an activating group) is 1. The van der Waals surface area contributed by atoms with Crippen molar-refractivity contribution in [3.63, 3.8) is 0 Å². The first-order valence-electron chi connectivity index (χ1n) is 12.6. The van der Waals surface area contributed by atoms with Crippen LogP contribution in [-0.2, 0) is 4.79 Å². The molecule has 3 aromatic rings. The summed E-state index contributed by atoms with van der Waals surface area (Å²) >= 11 is 12.6. The molecule has 2 aliphatic rings. The van der Waals surface area contributed by atoms with E-state index in [1.807, 2.05) is 16.5 Å². The van der Waals surface area contributed by atoms with Crippen LogP contribution in [0.25, 0.3) is 11.2 Å². The predicted molar refractivity (Wildman–Crippen MR) is 142 cm³/mol. The molecule has 1 aromatic carbocycles. The quantitative estimate of drug-likeness (QED) is 0.396. The highest BCUT2D eigenvalue weighted by Crippen LogP contribution is 2.39. The molecule has 0 unspecified atom stereocenters. The van der Waals surface area contributed by atoms with E-state index < -0.39 is 11.9 Å². The van der Waals surface area contributed by atoms with Gasteiger partial charge in [-0.05, 0) is 50.7 Å². The highest BCUT2D eigenvalue weighted by molar-refractivity contribution is 6.39. The van der Waals surface area contributed by atoms with Crippen molar-refractivity contribution in [2.24, 2.45) is 11.7 Å². The molecule has 5 rings (SSSR count). The number of nitrogens with zero attached hydrogens (tertiary/aromatic N) is 5. The van der Waals surface area contributed by atoms with Gasteiger partial charge in [0.1, 0.15) is 11.3 Å². The summed E-state index contributed by atoms with van der Waals surface area (Å²) in [5.74, 6) is -0.0428. The number of aliphatic hydroxyl groups is 1. The second-order valence-electron chi connectivity index (χ2n) is 9.99. The molecule has 9 nitrogen and oxygen atoms in total. The lowest BCUT2D eigenvalue weighted by atomic mass is 9.85. The number of benzene rings is 1. The van der Waals surface area contributed by atoms with Crippen LogP contribution in [0, 0.1) is 11.7 Å². The number of fused-ring (bicyclic) bond motifs is 1. The summed E-state index contributed by atoms with van der Waals surface area (Å²) in [6, 6.07) is 2.28. The standard InChI is InChI=1S/C25H30Cl2FN7O2/c1-34(19-4-2-3-5-20(19)36)24-30-12-18-23(33-24)35(15-8-6-13(7-9-15)22(29)37)25(31-18)32-21-16(26)10-14(28)11-17(21)27/h10-13,15,19-20,36H,2-9H2,1H3,(H2,29,37)(H,31,32)/t13?,15?,19-,20-/m0/s1. The van der Waals surface area contributed by atoms with Crippen LogP contribution in [0.5, 0.6) is 0 Å². The van der Waals surface area contributed by atoms with Gasteiger partial charge >= 0.3 is 0 Å². The second kappa shape index (κ2) is 10.6. The molecule has 0 aliphatic heterocycles. The number of primary amides is 1. The molecule has 2 aromatic heterocycles. The Hall–Kier alpha value is -2.69. The summed E-state index contributed by atoms with van der Waals surface area (Å²) in [5, 5.41) is 14.0. The van der Waals surface area contributed by atoms with E-state index in [1.54, 1.807) is 6.20 Å². The average Bonchev–Trinajstić information content (AvgIpc) is 3.23. The van der Waals surface area contributed by atoms with Gasteiger partial charge in [-0.15, -0.1) is 0 Å². The van der Waals surface area contributed by atoms with E-state index in [9.17, 15) is 14.3 Å². The van der Waals surface area contributed by atoms with Crippen LogP contribution in [0.3, 0.4) is 0 Å². The fourth-order valence-electron chi connectivity index (χ4n) is 5.57. The molecule has 0 spiro atoms. The Balaban J connectivity index is 1.56. The molecular weight excluding hydrogens is 520 g/mol. The third kappa shape index (κ3) is 5.19. The van der Waals surface area contributed by atoms with E-state index >= 15 is 0 Å². The molecule has 2 saturated carbocycles. The summed E-state index contributed by atoms with van der Waals surface area (Å²) < 4.78 is 15.8. The summed E-state index contributed by atoms with van der Waals surface area (Å²) in [4.78, 5) is 27.8. The van der Waals surface area contributed by atoms with Gasteiger partial charge in [0.2, 0.25) is 17.8 Å². The van der Waals surface area contributed by atoms with E-state index in [2.05, 4.69) is 10.3 Å². The Morgan fingerprint density at radius 3 is 2.46 bits per heavy atom. The van der Waals surface area contributed by atoms with Crippen molar-refractivity contribution in [3.8, 4) is 0 Å². The number of aliphatic hydroxyl groups excluding tert-OH is 1. The van der Waals surface area contributed by atoms with Crippen LogP contribution < -0.4 is 16.0 Å². The second-order valence-corrected chi connectivity index (χ2v) is 10.8. The zero-order valence-corrected chi connectivity index (χ0v) is 22.0. The Labute approximate surface area is 224 Å². The molecule has 1 amide bonds. The lowest BCUT2D eigenvalue weighted by Gasteiger charge is -2.35. The predicted octanol–water partition coefficient (Wildman–Crippen LogP) is 4.97. The molecule has 2 atom stereocenters. The number of rotatable bonds is 6. The van der Waals surface area contributed by atoms with Crippen molar-refractivity contribution in [2.75, 3.05) is 17.3 Å². The highest BCUT2D eigenvalue weighted by atomic mass is 35.5. The van der Waals surface area contributed by atoms with Gasteiger partial charge < -0.3 is 21.1 Å². The van der Waals surface area contributed by atoms with Crippen molar-refractivity contribution in [1.82, 2.24) is 19.5 Å². The largest absolute Gasteiger partial charge is 0.391 e. The first kappa shape index (κ1) is 25.9. The molecule has 12 heteroatoms. The Morgan fingerprint density at radius 1 is 1.14 bits per heavy atom. The van der Waals surface area contributed by atoms with Crippen molar-refractivity contribution in [1.29, 1.82) is 0 Å². The van der Waals surface area contributed by atoms with E-state index in [-0.39, 0.29) is 34.0 Å². The number of nitrogens with one attached hydrogen (secondary N) is 1. The monoisotopic (exact) mass is 549 g/mol. The third-order valence-corrected chi connectivity index (χ3v) is 8.23. The van der Waals surface area contributed by atoms with E-state index in [4.69, 9.17) is 38.9 Å². The smallest absolute Gasteiger partial charge is 0.227 e. The summed E-state index contributed by atoms with van der Waals surface area (Å²) in [6.45, 7) is 0. The lowest BCUT2D eigenvalue weighted by molar-refractivity contribution is -0.122. The average molecular weight is 550 g/mol. The number of hydrogen-bond donors (Lipinski definition) is 3. The van der Waals surface area contributed by atoms with Crippen LogP contribution in [0.2, 0.25) is 10.0 Å². The van der Waals surface area contributed by atoms with Gasteiger partial charge in [0, 0.05) is 19.0 Å². The van der Waals surface area contributed by atoms with Gasteiger partial charge in [-0.2, -0.15) is 4.98 Å². The number of hydrogen-bond acceptors (Lipinski definition) is 7. The summed E-state index contributed by atoms with van der Waals surface area (Å²) in [7, 11) is 1.90. The number of carbonyl (C=O) groups excluding carboxylic acids is 1. The maximum absolute atomic E-state index is 13.8. The highest BCUT2D eigenvalue weighted by Gasteiger charge is 2.31. The topological polar surface area (TPSA) is 122 Å². The summed E-state index contributed by atoms with van der Waals surface area (Å²) in [6.07, 6.45) is 7.62. The SMILES string of the molecule is CN(c1ncc2nc(Nc3c(Cl)cc(F)cc3Cl)n(C3CCC(C(N)=O)CC3)c2n1)[C@H]1CCCC[C@@H]1O. The molecule has 2 aliphatic carbocycles. The zero-order valence-electron chi connectivity index (χ0n) is 20.5. The first-order valence-corrected chi connectivity index (χ1v) is 13.3. The van der Waals surface area contributed by atoms with Crippen LogP contribution in [0.1, 0.15) is 57.4 Å². The molecule has 37 heavy (non-hydrogen) atoms. The van der Waals surface area contributed by atoms with Crippen LogP contribution in [0.4, 0.5) is 22.0 Å². The van der Waals surface area contributed by atoms with Crippen molar-refractivity contribution >= 4 is 57.9 Å². The normalized spacial score (nSPS) is 24.2. The number of aromatic nitrogens is 4. The minimum atomic E-state index is -0.540. The summed E-state index contributed by atoms with van der Waals surface area (Å²) in [5.41, 5.74) is 7.07. The van der Waals surface area contributed by atoms with E-state index in [0.717, 1.165) is 25.7 Å². The fraction of sp³-hybridized carbons (Fsp3) is 0.520. The van der Waals surface area contributed by atoms with Crippen molar-refractivity contribution in [2.45, 2.75) is 69.6 Å². The van der Waals surface area contributed by atoms with Crippen LogP contribution in [0.15, 0.2) is 18.3 Å². The molecule has 4 N–H and O–H groups in total. The molecule has 0 bridgehead atoms. The van der Waals surface area contributed by atoms with Crippen molar-refractivity contribution in [3.05, 3.63) is 34.2 Å². The maximum Gasteiger partial charge on any atom is 0.227 e. The lowest BCUT2D eigenvalue weighted by Crippen LogP contribution is -2.44. The van der Waals surface area contributed by atoms with Gasteiger partial charge in [-0.25, -0.2) is 14.4 Å². The Bertz CT molecular complexity index is 1290. The number of anilines is 3. The number of imidazole rings is 1. The molecule has 198 valence electrons. The van der Waals surface area contributed by atoms with E-state index in [1.165, 1.54) is 12.1 Å². The number of carbonyl (C=O) groups is 1. The zero-order chi connectivity index (χ0) is 26.3. The van der Waals surface area contributed by atoms with Crippen LogP contribution >= 0.6 is 23.2 Å². The molecule has 2 heterocycles. The molecule has 0 saturated heterocycles. The maximum atomic E-state index is 13.8. The van der Waals surface area contributed by atoms with Gasteiger partial charge in [-0.1, -0.05) is 36.0 Å². The fourth-order valence-corrected chi connectivity index (χ4v) is 6.12. The van der Waals surface area contributed by atoms with Crippen molar-refractivity contribution < 1.29 is 14.3 Å². The minimum Gasteiger partial charge on any atom is -0.391 e.